The number of amides is 1. The van der Waals surface area contributed by atoms with Crippen LogP contribution in [0.4, 0.5) is 0 Å². The number of carbonyl (C=O) groups is 1. The second kappa shape index (κ2) is 9.96. The quantitative estimate of drug-likeness (QED) is 0.472. The van der Waals surface area contributed by atoms with Crippen LogP contribution >= 0.6 is 27.5 Å². The lowest BCUT2D eigenvalue weighted by molar-refractivity contribution is -0.122. The molecule has 1 amide bonds. The minimum Gasteiger partial charge on any atom is -0.488 e. The lowest BCUT2D eigenvalue weighted by atomic mass is 10.1. The number of fused-ring (bicyclic) bond motifs is 1. The zero-order chi connectivity index (χ0) is 19.9. The molecule has 1 aromatic heterocycles. The molecular formula is C21H24BrClN2O2. The van der Waals surface area contributed by atoms with Crippen molar-refractivity contribution in [3.05, 3.63) is 34.9 Å². The van der Waals surface area contributed by atoms with E-state index in [-0.39, 0.29) is 12.0 Å². The fraction of sp³-hybridized carbons (Fsp3) is 0.429. The summed E-state index contributed by atoms with van der Waals surface area (Å²) in [4.78, 5) is 16.1. The van der Waals surface area contributed by atoms with Gasteiger partial charge in [-0.1, -0.05) is 18.8 Å². The van der Waals surface area contributed by atoms with E-state index in [0.717, 1.165) is 27.5 Å². The summed E-state index contributed by atoms with van der Waals surface area (Å²) in [6.07, 6.45) is 3.33. The third-order valence-electron chi connectivity index (χ3n) is 3.75. The standard InChI is InChI=1S/C21H24BrClN2O2/c1-4-6-20(26)25-21(2,3)10-5-7-18(13-23)27-17-8-9-19-15(12-17)11-16(22)14-24-19/h8-9,11-12,14,18H,4,6-7,13H2,1-3H3,(H,25,26). The summed E-state index contributed by atoms with van der Waals surface area (Å²) in [6, 6.07) is 7.73. The normalized spacial score (nSPS) is 12.2. The Morgan fingerprint density at radius 3 is 2.89 bits per heavy atom. The van der Waals surface area contributed by atoms with Crippen LogP contribution in [-0.2, 0) is 4.79 Å². The van der Waals surface area contributed by atoms with Crippen LogP contribution in [-0.4, -0.2) is 28.4 Å². The minimum absolute atomic E-state index is 0.0119. The molecule has 1 heterocycles. The van der Waals surface area contributed by atoms with E-state index in [2.05, 4.69) is 38.1 Å². The lowest BCUT2D eigenvalue weighted by Gasteiger charge is -2.20. The summed E-state index contributed by atoms with van der Waals surface area (Å²) in [7, 11) is 0. The van der Waals surface area contributed by atoms with Crippen molar-refractivity contribution in [2.24, 2.45) is 0 Å². The molecule has 1 N–H and O–H groups in total. The van der Waals surface area contributed by atoms with Gasteiger partial charge >= 0.3 is 0 Å². The van der Waals surface area contributed by atoms with E-state index in [9.17, 15) is 4.79 Å². The highest BCUT2D eigenvalue weighted by Gasteiger charge is 2.17. The largest absolute Gasteiger partial charge is 0.488 e. The maximum absolute atomic E-state index is 11.8. The molecular weight excluding hydrogens is 428 g/mol. The number of hydrogen-bond acceptors (Lipinski definition) is 3. The average molecular weight is 452 g/mol. The number of aromatic nitrogens is 1. The molecule has 2 aromatic rings. The first-order chi connectivity index (χ1) is 12.8. The van der Waals surface area contributed by atoms with Gasteiger partial charge in [0, 0.05) is 28.9 Å². The minimum atomic E-state index is -0.579. The van der Waals surface area contributed by atoms with Crippen molar-refractivity contribution in [2.75, 3.05) is 5.88 Å². The summed E-state index contributed by atoms with van der Waals surface area (Å²) in [5.41, 5.74) is 0.321. The Hall–Kier alpha value is -1.77. The van der Waals surface area contributed by atoms with Crippen LogP contribution in [0.3, 0.4) is 0 Å². The van der Waals surface area contributed by atoms with Crippen molar-refractivity contribution in [1.82, 2.24) is 10.3 Å². The predicted molar refractivity (Wildman–Crippen MR) is 114 cm³/mol. The maximum Gasteiger partial charge on any atom is 0.221 e. The molecule has 0 spiro atoms. The fourth-order valence-corrected chi connectivity index (χ4v) is 3.05. The van der Waals surface area contributed by atoms with Gasteiger partial charge in [-0.05, 0) is 60.5 Å². The molecule has 2 rings (SSSR count). The van der Waals surface area contributed by atoms with Crippen molar-refractivity contribution in [1.29, 1.82) is 0 Å². The number of ether oxygens (including phenoxy) is 1. The highest BCUT2D eigenvalue weighted by molar-refractivity contribution is 9.10. The van der Waals surface area contributed by atoms with E-state index in [0.29, 0.717) is 18.7 Å². The van der Waals surface area contributed by atoms with Crippen LogP contribution in [0.1, 0.15) is 40.0 Å². The zero-order valence-corrected chi connectivity index (χ0v) is 18.2. The molecule has 27 heavy (non-hydrogen) atoms. The van der Waals surface area contributed by atoms with Gasteiger partial charge in [-0.25, -0.2) is 0 Å². The maximum atomic E-state index is 11.8. The van der Waals surface area contributed by atoms with E-state index in [1.165, 1.54) is 0 Å². The Bertz CT molecular complexity index is 858. The van der Waals surface area contributed by atoms with Gasteiger partial charge in [0.05, 0.1) is 16.9 Å². The summed E-state index contributed by atoms with van der Waals surface area (Å²) < 4.78 is 6.90. The monoisotopic (exact) mass is 450 g/mol. The number of rotatable bonds is 7. The lowest BCUT2D eigenvalue weighted by Crippen LogP contribution is -2.42. The number of carbonyl (C=O) groups excluding carboxylic acids is 1. The molecule has 1 atom stereocenters. The van der Waals surface area contributed by atoms with Crippen LogP contribution in [0, 0.1) is 11.8 Å². The third-order valence-corrected chi connectivity index (χ3v) is 4.53. The van der Waals surface area contributed by atoms with Gasteiger partial charge in [-0.15, -0.1) is 11.6 Å². The summed E-state index contributed by atoms with van der Waals surface area (Å²) >= 11 is 9.48. The van der Waals surface area contributed by atoms with Crippen molar-refractivity contribution in [3.63, 3.8) is 0 Å². The van der Waals surface area contributed by atoms with Crippen molar-refractivity contribution in [2.45, 2.75) is 51.7 Å². The number of nitrogens with zero attached hydrogens (tertiary/aromatic N) is 1. The van der Waals surface area contributed by atoms with Gasteiger partial charge < -0.3 is 10.1 Å². The summed E-state index contributed by atoms with van der Waals surface area (Å²) in [5, 5.41) is 3.91. The number of alkyl halides is 1. The number of nitrogens with one attached hydrogen (secondary N) is 1. The van der Waals surface area contributed by atoms with E-state index < -0.39 is 5.54 Å². The highest BCUT2D eigenvalue weighted by Crippen LogP contribution is 2.23. The third kappa shape index (κ3) is 7.04. The second-order valence-corrected chi connectivity index (χ2v) is 8.06. The van der Waals surface area contributed by atoms with E-state index in [1.54, 1.807) is 6.20 Å². The fourth-order valence-electron chi connectivity index (χ4n) is 2.53. The van der Waals surface area contributed by atoms with E-state index >= 15 is 0 Å². The number of hydrogen-bond donors (Lipinski definition) is 1. The number of halogens is 2. The molecule has 0 aliphatic rings. The molecule has 0 bridgehead atoms. The molecule has 0 fully saturated rings. The number of benzene rings is 1. The molecule has 0 aliphatic carbocycles. The van der Waals surface area contributed by atoms with Crippen molar-refractivity contribution in [3.8, 4) is 17.6 Å². The highest BCUT2D eigenvalue weighted by atomic mass is 79.9. The molecule has 144 valence electrons. The van der Waals surface area contributed by atoms with Gasteiger partial charge in [0.25, 0.3) is 0 Å². The smallest absolute Gasteiger partial charge is 0.221 e. The molecule has 6 heteroatoms. The molecule has 1 unspecified atom stereocenters. The molecule has 4 nitrogen and oxygen atoms in total. The number of pyridine rings is 1. The van der Waals surface area contributed by atoms with E-state index in [4.69, 9.17) is 16.3 Å². The van der Waals surface area contributed by atoms with Crippen LogP contribution in [0.5, 0.6) is 5.75 Å². The predicted octanol–water partition coefficient (Wildman–Crippen LogP) is 5.07. The molecule has 0 radical (unpaired) electrons. The van der Waals surface area contributed by atoms with Gasteiger partial charge in [0.2, 0.25) is 5.91 Å². The van der Waals surface area contributed by atoms with Gasteiger partial charge in [-0.2, -0.15) is 0 Å². The summed E-state index contributed by atoms with van der Waals surface area (Å²) in [5.74, 6) is 7.26. The first-order valence-electron chi connectivity index (χ1n) is 8.92. The Morgan fingerprint density at radius 1 is 1.41 bits per heavy atom. The van der Waals surface area contributed by atoms with Gasteiger partial charge in [0.1, 0.15) is 11.9 Å². The van der Waals surface area contributed by atoms with E-state index in [1.807, 2.05) is 45.0 Å². The molecule has 0 saturated heterocycles. The molecule has 0 saturated carbocycles. The Morgan fingerprint density at radius 2 is 2.19 bits per heavy atom. The average Bonchev–Trinajstić information content (AvgIpc) is 2.60. The van der Waals surface area contributed by atoms with Crippen LogP contribution < -0.4 is 10.1 Å². The van der Waals surface area contributed by atoms with Crippen molar-refractivity contribution < 1.29 is 9.53 Å². The zero-order valence-electron chi connectivity index (χ0n) is 15.8. The second-order valence-electron chi connectivity index (χ2n) is 6.83. The van der Waals surface area contributed by atoms with Crippen LogP contribution in [0.15, 0.2) is 34.9 Å². The van der Waals surface area contributed by atoms with Crippen molar-refractivity contribution >= 4 is 44.3 Å². The van der Waals surface area contributed by atoms with Gasteiger partial charge in [0.15, 0.2) is 0 Å². The Labute approximate surface area is 174 Å². The SMILES string of the molecule is CCCC(=O)NC(C)(C)C#CCC(CCl)Oc1ccc2ncc(Br)cc2c1. The van der Waals surface area contributed by atoms with Crippen LogP contribution in [0.25, 0.3) is 10.9 Å². The molecule has 0 aliphatic heterocycles. The summed E-state index contributed by atoms with van der Waals surface area (Å²) in [6.45, 7) is 5.75. The first kappa shape index (κ1) is 21.5. The Balaban J connectivity index is 2.01. The van der Waals surface area contributed by atoms with Crippen LogP contribution in [0.2, 0.25) is 0 Å². The Kier molecular flexibility index (Phi) is 7.94. The first-order valence-corrected chi connectivity index (χ1v) is 10.2. The van der Waals surface area contributed by atoms with Gasteiger partial charge in [-0.3, -0.25) is 9.78 Å². The topological polar surface area (TPSA) is 51.2 Å². The molecule has 1 aromatic carbocycles.